The van der Waals surface area contributed by atoms with Gasteiger partial charge < -0.3 is 14.7 Å². The number of methoxy groups -OCH3 is 1. The number of aromatic hydroxyl groups is 1. The second-order valence-electron chi connectivity index (χ2n) is 2.84. The fourth-order valence-corrected chi connectivity index (χ4v) is 1.15. The van der Waals surface area contributed by atoms with Crippen molar-refractivity contribution >= 4 is 0 Å². The predicted octanol–water partition coefficient (Wildman–Crippen LogP) is 1.11. The number of hydrogen-bond donors (Lipinski definition) is 2. The fourth-order valence-electron chi connectivity index (χ4n) is 1.15. The fraction of sp³-hybridized carbons (Fsp3) is 0.333. The number of phenols is 1. The molecular formula is C9H11F2NO3. The molecule has 84 valence electrons. The molecule has 0 aliphatic heterocycles. The minimum atomic E-state index is -1.12. The summed E-state index contributed by atoms with van der Waals surface area (Å²) in [5.41, 5.74) is 0.0798. The van der Waals surface area contributed by atoms with Crippen molar-refractivity contribution < 1.29 is 23.5 Å². The zero-order valence-electron chi connectivity index (χ0n) is 8.09. The Kier molecular flexibility index (Phi) is 3.81. The van der Waals surface area contributed by atoms with E-state index in [-0.39, 0.29) is 24.3 Å². The van der Waals surface area contributed by atoms with Crippen molar-refractivity contribution in [3.63, 3.8) is 0 Å². The van der Waals surface area contributed by atoms with Gasteiger partial charge in [-0.25, -0.2) is 10.3 Å². The highest BCUT2D eigenvalue weighted by Gasteiger charge is 2.18. The molecule has 4 nitrogen and oxygen atoms in total. The average molecular weight is 219 g/mol. The van der Waals surface area contributed by atoms with Crippen LogP contribution in [0.1, 0.15) is 5.56 Å². The number of nitrogens with two attached hydrogens (primary N) is 1. The molecule has 0 atom stereocenters. The van der Waals surface area contributed by atoms with Gasteiger partial charge in [0.15, 0.2) is 17.3 Å². The molecule has 0 aromatic heterocycles. The second kappa shape index (κ2) is 4.90. The van der Waals surface area contributed by atoms with Crippen LogP contribution >= 0.6 is 0 Å². The number of halogens is 2. The highest BCUT2D eigenvalue weighted by Crippen LogP contribution is 2.31. The Morgan fingerprint density at radius 3 is 2.60 bits per heavy atom. The van der Waals surface area contributed by atoms with E-state index in [2.05, 4.69) is 9.57 Å². The maximum Gasteiger partial charge on any atom is 0.209 e. The first-order chi connectivity index (χ1) is 7.11. The molecule has 0 saturated heterocycles. The maximum absolute atomic E-state index is 13.3. The van der Waals surface area contributed by atoms with E-state index >= 15 is 0 Å². The number of benzene rings is 1. The van der Waals surface area contributed by atoms with Gasteiger partial charge in [-0.2, -0.15) is 4.39 Å². The van der Waals surface area contributed by atoms with Crippen LogP contribution in [0.2, 0.25) is 0 Å². The molecule has 0 radical (unpaired) electrons. The molecule has 0 amide bonds. The Labute approximate surface area is 85.2 Å². The summed E-state index contributed by atoms with van der Waals surface area (Å²) in [5, 5.41) is 9.10. The van der Waals surface area contributed by atoms with E-state index in [0.29, 0.717) is 0 Å². The van der Waals surface area contributed by atoms with Gasteiger partial charge in [0.25, 0.3) is 0 Å². The lowest BCUT2D eigenvalue weighted by atomic mass is 10.1. The van der Waals surface area contributed by atoms with E-state index in [0.717, 1.165) is 6.07 Å². The molecule has 0 heterocycles. The molecule has 0 aliphatic carbocycles. The molecule has 15 heavy (non-hydrogen) atoms. The summed E-state index contributed by atoms with van der Waals surface area (Å²) in [7, 11) is 1.22. The molecular weight excluding hydrogens is 208 g/mol. The molecule has 0 saturated carbocycles. The summed E-state index contributed by atoms with van der Waals surface area (Å²) in [4.78, 5) is 4.26. The number of phenolic OH excluding ortho intramolecular Hbond substituents is 1. The Morgan fingerprint density at radius 1 is 1.40 bits per heavy atom. The van der Waals surface area contributed by atoms with E-state index in [4.69, 9.17) is 11.0 Å². The summed E-state index contributed by atoms with van der Waals surface area (Å²) >= 11 is 0. The summed E-state index contributed by atoms with van der Waals surface area (Å²) in [6, 6.07) is 1.16. The zero-order valence-corrected chi connectivity index (χ0v) is 8.09. The summed E-state index contributed by atoms with van der Waals surface area (Å²) < 4.78 is 31.0. The number of hydrogen-bond acceptors (Lipinski definition) is 4. The summed E-state index contributed by atoms with van der Waals surface area (Å²) in [5.74, 6) is 1.36. The largest absolute Gasteiger partial charge is 0.503 e. The smallest absolute Gasteiger partial charge is 0.209 e. The van der Waals surface area contributed by atoms with Crippen molar-refractivity contribution in [3.05, 3.63) is 23.3 Å². The lowest BCUT2D eigenvalue weighted by Gasteiger charge is -2.09. The van der Waals surface area contributed by atoms with Gasteiger partial charge >= 0.3 is 0 Å². The Hall–Kier alpha value is -1.40. The SMILES string of the molecule is COc1cc(CCON)c(F)c(O)c1F. The third-order valence-corrected chi connectivity index (χ3v) is 1.93. The van der Waals surface area contributed by atoms with Gasteiger partial charge in [0.1, 0.15) is 0 Å². The van der Waals surface area contributed by atoms with Crippen molar-refractivity contribution in [2.24, 2.45) is 5.90 Å². The van der Waals surface area contributed by atoms with Gasteiger partial charge in [-0.05, 0) is 11.6 Å². The molecule has 6 heteroatoms. The van der Waals surface area contributed by atoms with Gasteiger partial charge in [-0.1, -0.05) is 0 Å². The topological polar surface area (TPSA) is 64.7 Å². The third-order valence-electron chi connectivity index (χ3n) is 1.93. The van der Waals surface area contributed by atoms with Crippen LogP contribution in [0.15, 0.2) is 6.07 Å². The highest BCUT2D eigenvalue weighted by atomic mass is 19.1. The van der Waals surface area contributed by atoms with Crippen LogP contribution in [0.3, 0.4) is 0 Å². The van der Waals surface area contributed by atoms with E-state index in [9.17, 15) is 8.78 Å². The average Bonchev–Trinajstić information content (AvgIpc) is 2.25. The van der Waals surface area contributed by atoms with Crippen molar-refractivity contribution in [2.45, 2.75) is 6.42 Å². The molecule has 1 aromatic carbocycles. The van der Waals surface area contributed by atoms with Gasteiger partial charge in [-0.3, -0.25) is 0 Å². The first-order valence-electron chi connectivity index (χ1n) is 4.17. The molecule has 0 spiro atoms. The summed E-state index contributed by atoms with van der Waals surface area (Å²) in [6.07, 6.45) is 0.118. The van der Waals surface area contributed by atoms with Gasteiger partial charge in [0.05, 0.1) is 13.7 Å². The van der Waals surface area contributed by atoms with Crippen LogP contribution in [0.25, 0.3) is 0 Å². The number of rotatable bonds is 4. The monoisotopic (exact) mass is 219 g/mol. The minimum Gasteiger partial charge on any atom is -0.503 e. The Bertz CT molecular complexity index is 358. The minimum absolute atomic E-state index is 0.0607. The molecule has 3 N–H and O–H groups in total. The van der Waals surface area contributed by atoms with Gasteiger partial charge in [0.2, 0.25) is 5.82 Å². The Morgan fingerprint density at radius 2 is 2.07 bits per heavy atom. The van der Waals surface area contributed by atoms with Gasteiger partial charge in [-0.15, -0.1) is 0 Å². The van der Waals surface area contributed by atoms with Crippen molar-refractivity contribution in [3.8, 4) is 11.5 Å². The Balaban J connectivity index is 3.11. The third kappa shape index (κ3) is 2.34. The van der Waals surface area contributed by atoms with Crippen molar-refractivity contribution in [1.82, 2.24) is 0 Å². The van der Waals surface area contributed by atoms with Gasteiger partial charge in [0, 0.05) is 6.42 Å². The predicted molar refractivity (Wildman–Crippen MR) is 48.4 cm³/mol. The molecule has 0 fully saturated rings. The molecule has 1 aromatic rings. The highest BCUT2D eigenvalue weighted by molar-refractivity contribution is 5.41. The molecule has 0 aliphatic rings. The van der Waals surface area contributed by atoms with E-state index in [1.54, 1.807) is 0 Å². The molecule has 0 unspecified atom stereocenters. The van der Waals surface area contributed by atoms with Crippen molar-refractivity contribution in [1.29, 1.82) is 0 Å². The van der Waals surface area contributed by atoms with Crippen LogP contribution in [-0.4, -0.2) is 18.8 Å². The van der Waals surface area contributed by atoms with Crippen LogP contribution in [0.4, 0.5) is 8.78 Å². The van der Waals surface area contributed by atoms with E-state index in [1.807, 2.05) is 0 Å². The summed E-state index contributed by atoms with van der Waals surface area (Å²) in [6.45, 7) is 0.0607. The van der Waals surface area contributed by atoms with Crippen LogP contribution < -0.4 is 10.6 Å². The standard InChI is InChI=1S/C9H11F2NO3/c1-14-6-4-5(2-3-15-12)7(10)9(13)8(6)11/h4,13H,2-3,12H2,1H3. The lowest BCUT2D eigenvalue weighted by molar-refractivity contribution is 0.140. The second-order valence-corrected chi connectivity index (χ2v) is 2.84. The molecule has 0 bridgehead atoms. The quantitative estimate of drug-likeness (QED) is 0.744. The van der Waals surface area contributed by atoms with Crippen LogP contribution in [-0.2, 0) is 11.3 Å². The lowest BCUT2D eigenvalue weighted by Crippen LogP contribution is -2.06. The van der Waals surface area contributed by atoms with E-state index < -0.39 is 17.4 Å². The number of ether oxygens (including phenoxy) is 1. The first kappa shape index (κ1) is 11.7. The van der Waals surface area contributed by atoms with Crippen molar-refractivity contribution in [2.75, 3.05) is 13.7 Å². The van der Waals surface area contributed by atoms with Crippen LogP contribution in [0, 0.1) is 11.6 Å². The van der Waals surface area contributed by atoms with Crippen LogP contribution in [0.5, 0.6) is 11.5 Å². The van der Waals surface area contributed by atoms with E-state index in [1.165, 1.54) is 7.11 Å². The normalized spacial score (nSPS) is 10.4. The zero-order chi connectivity index (χ0) is 11.4. The first-order valence-corrected chi connectivity index (χ1v) is 4.17. The maximum atomic E-state index is 13.3. The molecule has 1 rings (SSSR count).